The third-order valence-corrected chi connectivity index (χ3v) is 2.94. The number of carbonyl (C=O) groups excluding carboxylic acids is 1. The zero-order valence-corrected chi connectivity index (χ0v) is 11.1. The summed E-state index contributed by atoms with van der Waals surface area (Å²) in [6, 6.07) is 7.49. The Kier molecular flexibility index (Phi) is 5.18. The average molecular weight is 264 g/mol. The predicted octanol–water partition coefficient (Wildman–Crippen LogP) is 0.690. The van der Waals surface area contributed by atoms with E-state index in [4.69, 9.17) is 9.47 Å². The summed E-state index contributed by atoms with van der Waals surface area (Å²) in [5.41, 5.74) is 1.05. The summed E-state index contributed by atoms with van der Waals surface area (Å²) in [6.07, 6.45) is 0. The van der Waals surface area contributed by atoms with Gasteiger partial charge >= 0.3 is 0 Å². The summed E-state index contributed by atoms with van der Waals surface area (Å²) in [7, 11) is 0. The molecule has 1 amide bonds. The molecule has 0 radical (unpaired) electrons. The lowest BCUT2D eigenvalue weighted by molar-refractivity contribution is -0.126. The van der Waals surface area contributed by atoms with Crippen LogP contribution in [0.2, 0.25) is 0 Å². The van der Waals surface area contributed by atoms with Gasteiger partial charge in [-0.15, -0.1) is 0 Å². The van der Waals surface area contributed by atoms with Crippen LogP contribution in [-0.2, 0) is 16.1 Å². The maximum absolute atomic E-state index is 11.9. The van der Waals surface area contributed by atoms with Gasteiger partial charge in [-0.25, -0.2) is 0 Å². The van der Waals surface area contributed by atoms with Crippen molar-refractivity contribution in [3.05, 3.63) is 29.8 Å². The monoisotopic (exact) mass is 264 g/mol. The molecule has 5 heteroatoms. The molecule has 2 rings (SSSR count). The first-order chi connectivity index (χ1) is 9.29. The normalized spacial score (nSPS) is 18.9. The number of rotatable bonds is 5. The Morgan fingerprint density at radius 1 is 1.47 bits per heavy atom. The van der Waals surface area contributed by atoms with E-state index in [2.05, 4.69) is 10.6 Å². The Morgan fingerprint density at radius 2 is 2.26 bits per heavy atom. The van der Waals surface area contributed by atoms with Crippen molar-refractivity contribution in [2.75, 3.05) is 26.4 Å². The first kappa shape index (κ1) is 13.8. The zero-order chi connectivity index (χ0) is 13.5. The summed E-state index contributed by atoms with van der Waals surface area (Å²) in [5, 5.41) is 6.02. The standard InChI is InChI=1S/C14H20N2O3/c1-2-19-12-5-3-11(4-6-12)9-16-14(17)13-10-18-8-7-15-13/h3-6,13,15H,2,7-10H2,1H3,(H,16,17). The van der Waals surface area contributed by atoms with E-state index in [1.165, 1.54) is 0 Å². The van der Waals surface area contributed by atoms with E-state index in [0.717, 1.165) is 17.9 Å². The van der Waals surface area contributed by atoms with E-state index in [1.54, 1.807) is 0 Å². The van der Waals surface area contributed by atoms with Crippen LogP contribution in [0.5, 0.6) is 5.75 Å². The van der Waals surface area contributed by atoms with Gasteiger partial charge in [0.25, 0.3) is 0 Å². The van der Waals surface area contributed by atoms with Crippen molar-refractivity contribution in [3.8, 4) is 5.75 Å². The Hall–Kier alpha value is -1.59. The van der Waals surface area contributed by atoms with Crippen LogP contribution in [0, 0.1) is 0 Å². The minimum atomic E-state index is -0.239. The largest absolute Gasteiger partial charge is 0.494 e. The smallest absolute Gasteiger partial charge is 0.239 e. The molecule has 19 heavy (non-hydrogen) atoms. The molecule has 5 nitrogen and oxygen atoms in total. The zero-order valence-electron chi connectivity index (χ0n) is 11.1. The number of nitrogens with one attached hydrogen (secondary N) is 2. The van der Waals surface area contributed by atoms with Crippen LogP contribution in [-0.4, -0.2) is 38.3 Å². The number of morpholine rings is 1. The quantitative estimate of drug-likeness (QED) is 0.821. The molecule has 0 spiro atoms. The van der Waals surface area contributed by atoms with Crippen LogP contribution in [0.1, 0.15) is 12.5 Å². The number of hydrogen-bond acceptors (Lipinski definition) is 4. The molecule has 0 aromatic heterocycles. The first-order valence-corrected chi connectivity index (χ1v) is 6.60. The van der Waals surface area contributed by atoms with E-state index < -0.39 is 0 Å². The Morgan fingerprint density at radius 3 is 2.89 bits per heavy atom. The number of carbonyl (C=O) groups is 1. The predicted molar refractivity (Wildman–Crippen MR) is 72.1 cm³/mol. The highest BCUT2D eigenvalue weighted by Gasteiger charge is 2.20. The van der Waals surface area contributed by atoms with Crippen LogP contribution in [0.4, 0.5) is 0 Å². The van der Waals surface area contributed by atoms with Gasteiger partial charge in [0.15, 0.2) is 0 Å². The van der Waals surface area contributed by atoms with Gasteiger partial charge in [-0.05, 0) is 24.6 Å². The summed E-state index contributed by atoms with van der Waals surface area (Å²) in [5.74, 6) is 0.827. The maximum atomic E-state index is 11.9. The molecule has 0 saturated carbocycles. The third kappa shape index (κ3) is 4.22. The minimum Gasteiger partial charge on any atom is -0.494 e. The van der Waals surface area contributed by atoms with Gasteiger partial charge in [-0.1, -0.05) is 12.1 Å². The van der Waals surface area contributed by atoms with E-state index in [-0.39, 0.29) is 11.9 Å². The van der Waals surface area contributed by atoms with Gasteiger partial charge in [0, 0.05) is 13.1 Å². The van der Waals surface area contributed by atoms with Gasteiger partial charge in [0.05, 0.1) is 19.8 Å². The van der Waals surface area contributed by atoms with E-state index in [1.807, 2.05) is 31.2 Å². The molecule has 1 saturated heterocycles. The number of benzene rings is 1. The summed E-state index contributed by atoms with van der Waals surface area (Å²) in [4.78, 5) is 11.9. The third-order valence-electron chi connectivity index (χ3n) is 2.94. The highest BCUT2D eigenvalue weighted by atomic mass is 16.5. The fraction of sp³-hybridized carbons (Fsp3) is 0.500. The van der Waals surface area contributed by atoms with Crippen molar-refractivity contribution in [2.45, 2.75) is 19.5 Å². The molecule has 1 aromatic carbocycles. The van der Waals surface area contributed by atoms with E-state index in [0.29, 0.717) is 26.4 Å². The lowest BCUT2D eigenvalue weighted by Crippen LogP contribution is -2.51. The summed E-state index contributed by atoms with van der Waals surface area (Å²) in [6.45, 7) is 4.96. The van der Waals surface area contributed by atoms with Gasteiger partial charge in [0.2, 0.25) is 5.91 Å². The van der Waals surface area contributed by atoms with Crippen molar-refractivity contribution in [3.63, 3.8) is 0 Å². The fourth-order valence-electron chi connectivity index (χ4n) is 1.92. The lowest BCUT2D eigenvalue weighted by Gasteiger charge is -2.22. The highest BCUT2D eigenvalue weighted by Crippen LogP contribution is 2.11. The van der Waals surface area contributed by atoms with Crippen LogP contribution < -0.4 is 15.4 Å². The molecular weight excluding hydrogens is 244 g/mol. The second-order valence-corrected chi connectivity index (χ2v) is 4.38. The molecule has 0 aliphatic carbocycles. The van der Waals surface area contributed by atoms with Crippen molar-refractivity contribution >= 4 is 5.91 Å². The molecule has 2 N–H and O–H groups in total. The Bertz CT molecular complexity index is 400. The second kappa shape index (κ2) is 7.11. The summed E-state index contributed by atoms with van der Waals surface area (Å²) < 4.78 is 10.6. The highest BCUT2D eigenvalue weighted by molar-refractivity contribution is 5.81. The van der Waals surface area contributed by atoms with E-state index >= 15 is 0 Å². The van der Waals surface area contributed by atoms with Crippen LogP contribution in [0.25, 0.3) is 0 Å². The molecule has 104 valence electrons. The lowest BCUT2D eigenvalue weighted by atomic mass is 10.2. The molecule has 1 fully saturated rings. The molecule has 1 unspecified atom stereocenters. The maximum Gasteiger partial charge on any atom is 0.239 e. The molecular formula is C14H20N2O3. The minimum absolute atomic E-state index is 0.0198. The summed E-state index contributed by atoms with van der Waals surface area (Å²) >= 11 is 0. The van der Waals surface area contributed by atoms with Crippen LogP contribution >= 0.6 is 0 Å². The second-order valence-electron chi connectivity index (χ2n) is 4.38. The van der Waals surface area contributed by atoms with Crippen molar-refractivity contribution in [2.24, 2.45) is 0 Å². The van der Waals surface area contributed by atoms with Crippen LogP contribution in [0.15, 0.2) is 24.3 Å². The van der Waals surface area contributed by atoms with Gasteiger partial charge in [0.1, 0.15) is 11.8 Å². The molecule has 1 heterocycles. The number of hydrogen-bond donors (Lipinski definition) is 2. The van der Waals surface area contributed by atoms with E-state index in [9.17, 15) is 4.79 Å². The van der Waals surface area contributed by atoms with Crippen LogP contribution in [0.3, 0.4) is 0 Å². The topological polar surface area (TPSA) is 59.6 Å². The van der Waals surface area contributed by atoms with Crippen molar-refractivity contribution in [1.82, 2.24) is 10.6 Å². The molecule has 1 aromatic rings. The van der Waals surface area contributed by atoms with Gasteiger partial charge in [-0.2, -0.15) is 0 Å². The molecule has 1 atom stereocenters. The molecule has 1 aliphatic heterocycles. The van der Waals surface area contributed by atoms with Crippen molar-refractivity contribution < 1.29 is 14.3 Å². The van der Waals surface area contributed by atoms with Gasteiger partial charge in [-0.3, -0.25) is 4.79 Å². The first-order valence-electron chi connectivity index (χ1n) is 6.60. The average Bonchev–Trinajstić information content (AvgIpc) is 2.47. The number of amides is 1. The van der Waals surface area contributed by atoms with Crippen molar-refractivity contribution in [1.29, 1.82) is 0 Å². The molecule has 1 aliphatic rings. The Labute approximate surface area is 113 Å². The molecule has 0 bridgehead atoms. The Balaban J connectivity index is 1.79. The van der Waals surface area contributed by atoms with Gasteiger partial charge < -0.3 is 20.1 Å². The fourth-order valence-corrected chi connectivity index (χ4v) is 1.92. The number of ether oxygens (including phenoxy) is 2. The SMILES string of the molecule is CCOc1ccc(CNC(=O)C2COCCN2)cc1.